The highest BCUT2D eigenvalue weighted by Gasteiger charge is 2.11. The molecule has 0 saturated heterocycles. The van der Waals surface area contributed by atoms with E-state index in [0.29, 0.717) is 22.3 Å². The molecular formula is C24H17N3O3. The van der Waals surface area contributed by atoms with Crippen molar-refractivity contribution in [3.63, 3.8) is 0 Å². The van der Waals surface area contributed by atoms with E-state index in [1.807, 2.05) is 36.4 Å². The van der Waals surface area contributed by atoms with E-state index in [1.165, 1.54) is 6.20 Å². The van der Waals surface area contributed by atoms with Gasteiger partial charge in [0.1, 0.15) is 29.7 Å². The lowest BCUT2D eigenvalue weighted by molar-refractivity contribution is -0.116. The van der Waals surface area contributed by atoms with Crippen molar-refractivity contribution in [1.29, 1.82) is 5.26 Å². The molecule has 146 valence electrons. The molecule has 0 bridgehead atoms. The molecule has 6 heteroatoms. The van der Waals surface area contributed by atoms with E-state index >= 15 is 0 Å². The molecule has 4 aromatic rings. The summed E-state index contributed by atoms with van der Waals surface area (Å²) in [5, 5.41) is 12.5. The molecule has 0 saturated carbocycles. The molecule has 0 aliphatic rings. The van der Waals surface area contributed by atoms with Crippen molar-refractivity contribution in [2.24, 2.45) is 0 Å². The van der Waals surface area contributed by atoms with Crippen LogP contribution in [0.1, 0.15) is 5.56 Å². The Hall–Kier alpha value is -4.37. The van der Waals surface area contributed by atoms with Crippen LogP contribution in [0.4, 0.5) is 5.69 Å². The third-order valence-electron chi connectivity index (χ3n) is 4.54. The van der Waals surface area contributed by atoms with Crippen LogP contribution in [0.25, 0.3) is 10.9 Å². The van der Waals surface area contributed by atoms with Crippen LogP contribution in [0.3, 0.4) is 0 Å². The van der Waals surface area contributed by atoms with Gasteiger partial charge in [0.05, 0.1) is 5.52 Å². The fourth-order valence-corrected chi connectivity index (χ4v) is 3.14. The van der Waals surface area contributed by atoms with Crippen molar-refractivity contribution >= 4 is 22.5 Å². The highest BCUT2D eigenvalue weighted by Crippen LogP contribution is 2.22. The van der Waals surface area contributed by atoms with Gasteiger partial charge in [0.15, 0.2) is 0 Å². The van der Waals surface area contributed by atoms with Gasteiger partial charge >= 0.3 is 0 Å². The molecule has 0 unspecified atom stereocenters. The summed E-state index contributed by atoms with van der Waals surface area (Å²) in [5.41, 5.74) is 0.886. The number of fused-ring (bicyclic) bond motifs is 1. The third-order valence-corrected chi connectivity index (χ3v) is 4.54. The number of rotatable bonds is 5. The molecule has 30 heavy (non-hydrogen) atoms. The summed E-state index contributed by atoms with van der Waals surface area (Å²) in [6, 6.07) is 25.3. The minimum absolute atomic E-state index is 0.00362. The molecule has 3 aromatic carbocycles. The average Bonchev–Trinajstić information content (AvgIpc) is 2.78. The van der Waals surface area contributed by atoms with Crippen molar-refractivity contribution in [3.8, 4) is 17.6 Å². The van der Waals surface area contributed by atoms with E-state index in [-0.39, 0.29) is 23.4 Å². The first kappa shape index (κ1) is 19.0. The van der Waals surface area contributed by atoms with Crippen molar-refractivity contribution < 1.29 is 9.53 Å². The average molecular weight is 395 g/mol. The first-order valence-electron chi connectivity index (χ1n) is 9.29. The van der Waals surface area contributed by atoms with Gasteiger partial charge in [-0.2, -0.15) is 5.26 Å². The number of carbonyl (C=O) groups excluding carboxylic acids is 1. The Bertz CT molecular complexity index is 1300. The molecule has 1 N–H and O–H groups in total. The van der Waals surface area contributed by atoms with Crippen LogP contribution in [0.2, 0.25) is 0 Å². The van der Waals surface area contributed by atoms with E-state index in [9.17, 15) is 14.9 Å². The van der Waals surface area contributed by atoms with Gasteiger partial charge in [-0.05, 0) is 48.5 Å². The predicted molar refractivity (Wildman–Crippen MR) is 115 cm³/mol. The Morgan fingerprint density at radius 1 is 0.933 bits per heavy atom. The molecular weight excluding hydrogens is 378 g/mol. The van der Waals surface area contributed by atoms with Crippen molar-refractivity contribution in [1.82, 2.24) is 4.57 Å². The van der Waals surface area contributed by atoms with Crippen LogP contribution in [0, 0.1) is 11.3 Å². The molecule has 4 rings (SSSR count). The van der Waals surface area contributed by atoms with Gasteiger partial charge < -0.3 is 14.6 Å². The lowest BCUT2D eigenvalue weighted by Crippen LogP contribution is -2.21. The lowest BCUT2D eigenvalue weighted by Gasteiger charge is -2.12. The number of anilines is 1. The second-order valence-electron chi connectivity index (χ2n) is 6.62. The summed E-state index contributed by atoms with van der Waals surface area (Å²) < 4.78 is 7.35. The first-order valence-corrected chi connectivity index (χ1v) is 9.29. The number of benzene rings is 3. The number of hydrogen-bond acceptors (Lipinski definition) is 4. The molecule has 0 fully saturated rings. The zero-order valence-electron chi connectivity index (χ0n) is 15.9. The number of nitriles is 1. The Balaban J connectivity index is 1.50. The van der Waals surface area contributed by atoms with Crippen LogP contribution in [0.5, 0.6) is 11.5 Å². The SMILES string of the molecule is N#Cc1cn(CC(=O)Nc2ccc(Oc3ccccc3)cc2)c2ccccc2c1=O. The summed E-state index contributed by atoms with van der Waals surface area (Å²) in [6.07, 6.45) is 1.42. The van der Waals surface area contributed by atoms with E-state index in [1.54, 1.807) is 53.1 Å². The Morgan fingerprint density at radius 3 is 2.33 bits per heavy atom. The van der Waals surface area contributed by atoms with Gasteiger partial charge in [-0.15, -0.1) is 0 Å². The van der Waals surface area contributed by atoms with Crippen LogP contribution >= 0.6 is 0 Å². The van der Waals surface area contributed by atoms with Gasteiger partial charge in [0.2, 0.25) is 11.3 Å². The normalized spacial score (nSPS) is 10.4. The highest BCUT2D eigenvalue weighted by atomic mass is 16.5. The second-order valence-corrected chi connectivity index (χ2v) is 6.62. The van der Waals surface area contributed by atoms with Crippen LogP contribution < -0.4 is 15.5 Å². The van der Waals surface area contributed by atoms with Gasteiger partial charge in [0, 0.05) is 17.3 Å². The summed E-state index contributed by atoms with van der Waals surface area (Å²) in [6.45, 7) is -0.0300. The van der Waals surface area contributed by atoms with Gasteiger partial charge in [-0.3, -0.25) is 9.59 Å². The summed E-state index contributed by atoms with van der Waals surface area (Å²) >= 11 is 0. The number of hydrogen-bond donors (Lipinski definition) is 1. The van der Waals surface area contributed by atoms with Crippen molar-refractivity contribution in [2.45, 2.75) is 6.54 Å². The topological polar surface area (TPSA) is 84.1 Å². The molecule has 0 aliphatic heterocycles. The maximum Gasteiger partial charge on any atom is 0.244 e. The molecule has 0 radical (unpaired) electrons. The molecule has 0 atom stereocenters. The zero-order chi connectivity index (χ0) is 20.9. The maximum absolute atomic E-state index is 12.6. The number of para-hydroxylation sites is 2. The van der Waals surface area contributed by atoms with Gasteiger partial charge in [0.25, 0.3) is 0 Å². The fourth-order valence-electron chi connectivity index (χ4n) is 3.14. The Labute approximate surface area is 172 Å². The maximum atomic E-state index is 12.6. The summed E-state index contributed by atoms with van der Waals surface area (Å²) in [5.74, 6) is 1.11. The zero-order valence-corrected chi connectivity index (χ0v) is 15.9. The van der Waals surface area contributed by atoms with E-state index in [2.05, 4.69) is 5.32 Å². The summed E-state index contributed by atoms with van der Waals surface area (Å²) in [4.78, 5) is 24.9. The van der Waals surface area contributed by atoms with E-state index < -0.39 is 0 Å². The number of carbonyl (C=O) groups is 1. The Kier molecular flexibility index (Phi) is 5.27. The van der Waals surface area contributed by atoms with E-state index in [4.69, 9.17) is 4.74 Å². The molecule has 6 nitrogen and oxygen atoms in total. The standard InChI is InChI=1S/C24H17N3O3/c25-14-17-15-27(22-9-5-4-8-21(22)24(17)29)16-23(28)26-18-10-12-20(13-11-18)30-19-6-2-1-3-7-19/h1-13,15H,16H2,(H,26,28). The molecule has 1 amide bonds. The number of amides is 1. The number of aromatic nitrogens is 1. The number of nitrogens with zero attached hydrogens (tertiary/aromatic N) is 2. The van der Waals surface area contributed by atoms with Crippen molar-refractivity contribution in [2.75, 3.05) is 5.32 Å². The van der Waals surface area contributed by atoms with Gasteiger partial charge in [-0.1, -0.05) is 30.3 Å². The number of pyridine rings is 1. The molecule has 1 heterocycles. The second kappa shape index (κ2) is 8.33. The first-order chi connectivity index (χ1) is 14.6. The molecule has 1 aromatic heterocycles. The lowest BCUT2D eigenvalue weighted by atomic mass is 10.1. The number of nitrogens with one attached hydrogen (secondary N) is 1. The minimum Gasteiger partial charge on any atom is -0.457 e. The van der Waals surface area contributed by atoms with E-state index in [0.717, 1.165) is 5.75 Å². The largest absolute Gasteiger partial charge is 0.457 e. The third kappa shape index (κ3) is 4.05. The van der Waals surface area contributed by atoms with Crippen LogP contribution in [0.15, 0.2) is 89.9 Å². The predicted octanol–water partition coefficient (Wildman–Crippen LogP) is 4.30. The molecule has 0 spiro atoms. The summed E-state index contributed by atoms with van der Waals surface area (Å²) in [7, 11) is 0. The Morgan fingerprint density at radius 2 is 1.60 bits per heavy atom. The fraction of sp³-hybridized carbons (Fsp3) is 0.0417. The van der Waals surface area contributed by atoms with Crippen LogP contribution in [-0.2, 0) is 11.3 Å². The van der Waals surface area contributed by atoms with Crippen molar-refractivity contribution in [3.05, 3.63) is 101 Å². The smallest absolute Gasteiger partial charge is 0.244 e. The van der Waals surface area contributed by atoms with Crippen LogP contribution in [-0.4, -0.2) is 10.5 Å². The highest BCUT2D eigenvalue weighted by molar-refractivity contribution is 5.92. The molecule has 0 aliphatic carbocycles. The minimum atomic E-state index is -0.334. The number of ether oxygens (including phenoxy) is 1. The van der Waals surface area contributed by atoms with Gasteiger partial charge in [-0.25, -0.2) is 0 Å². The monoisotopic (exact) mass is 395 g/mol. The quantitative estimate of drug-likeness (QED) is 0.546.